The van der Waals surface area contributed by atoms with Crippen LogP contribution in [0.2, 0.25) is 0 Å². The van der Waals surface area contributed by atoms with Gasteiger partial charge in [0.05, 0.1) is 12.2 Å². The van der Waals surface area contributed by atoms with Crippen LogP contribution >= 0.6 is 0 Å². The highest BCUT2D eigenvalue weighted by Gasteiger charge is 2.32. The van der Waals surface area contributed by atoms with Crippen molar-refractivity contribution in [3.63, 3.8) is 0 Å². The van der Waals surface area contributed by atoms with E-state index in [-0.39, 0.29) is 12.5 Å². The van der Waals surface area contributed by atoms with Crippen molar-refractivity contribution in [1.29, 1.82) is 5.41 Å². The van der Waals surface area contributed by atoms with Gasteiger partial charge in [0, 0.05) is 23.4 Å². The number of aliphatic hydroxyl groups excluding tert-OH is 1. The molecule has 0 radical (unpaired) electrons. The van der Waals surface area contributed by atoms with Crippen molar-refractivity contribution in [2.45, 2.75) is 12.5 Å². The van der Waals surface area contributed by atoms with Gasteiger partial charge < -0.3 is 14.4 Å². The van der Waals surface area contributed by atoms with Gasteiger partial charge >= 0.3 is 0 Å². The maximum atomic E-state index is 9.34. The highest BCUT2D eigenvalue weighted by molar-refractivity contribution is 5.91. The summed E-state index contributed by atoms with van der Waals surface area (Å²) >= 11 is 0. The van der Waals surface area contributed by atoms with Gasteiger partial charge in [-0.2, -0.15) is 0 Å². The molecule has 28 heavy (non-hydrogen) atoms. The van der Waals surface area contributed by atoms with Gasteiger partial charge in [-0.1, -0.05) is 66.7 Å². The molecule has 5 heteroatoms. The summed E-state index contributed by atoms with van der Waals surface area (Å²) in [6.45, 7) is 0.278. The molecule has 5 rings (SSSR count). The lowest BCUT2D eigenvalue weighted by Crippen LogP contribution is -2.30. The van der Waals surface area contributed by atoms with Crippen LogP contribution in [0.5, 0.6) is 11.6 Å². The topological polar surface area (TPSA) is 71.1 Å². The number of rotatable bonds is 3. The quantitative estimate of drug-likeness (QED) is 0.508. The number of aliphatic hydroxyl groups is 1. The van der Waals surface area contributed by atoms with Crippen LogP contribution in [0, 0.1) is 5.41 Å². The second-order valence-electron chi connectivity index (χ2n) is 6.88. The Morgan fingerprint density at radius 3 is 2.61 bits per heavy atom. The molecule has 0 bridgehead atoms. The first-order valence-electron chi connectivity index (χ1n) is 9.27. The maximum Gasteiger partial charge on any atom is 0.228 e. The smallest absolute Gasteiger partial charge is 0.228 e. The average Bonchev–Trinajstić information content (AvgIpc) is 2.75. The zero-order valence-corrected chi connectivity index (χ0v) is 15.2. The van der Waals surface area contributed by atoms with E-state index in [4.69, 9.17) is 10.1 Å². The molecule has 3 aromatic carbocycles. The third kappa shape index (κ3) is 2.52. The average molecular weight is 369 g/mol. The Labute approximate surface area is 162 Å². The van der Waals surface area contributed by atoms with Crippen LogP contribution in [0.1, 0.15) is 22.6 Å². The second-order valence-corrected chi connectivity index (χ2v) is 6.88. The number of fused-ring (bicyclic) bond motifs is 4. The molecular formula is C23H19N3O2. The molecule has 0 amide bonds. The van der Waals surface area contributed by atoms with Gasteiger partial charge in [0.25, 0.3) is 0 Å². The molecule has 0 saturated heterocycles. The lowest BCUT2D eigenvalue weighted by Gasteiger charge is -2.29. The molecule has 5 nitrogen and oxygen atoms in total. The first-order chi connectivity index (χ1) is 13.8. The second kappa shape index (κ2) is 6.62. The third-order valence-corrected chi connectivity index (χ3v) is 5.27. The van der Waals surface area contributed by atoms with Crippen molar-refractivity contribution in [3.8, 4) is 11.6 Å². The number of nitrogens with one attached hydrogen (secondary N) is 1. The van der Waals surface area contributed by atoms with Crippen molar-refractivity contribution in [2.24, 2.45) is 0 Å². The van der Waals surface area contributed by atoms with E-state index in [9.17, 15) is 5.11 Å². The highest BCUT2D eigenvalue weighted by atomic mass is 16.5. The summed E-state index contributed by atoms with van der Waals surface area (Å²) < 4.78 is 7.91. The Kier molecular flexibility index (Phi) is 3.95. The summed E-state index contributed by atoms with van der Waals surface area (Å²) in [6, 6.07) is 22.5. The molecule has 1 aliphatic heterocycles. The predicted octanol–water partition coefficient (Wildman–Crippen LogP) is 3.79. The van der Waals surface area contributed by atoms with Gasteiger partial charge in [-0.3, -0.25) is 5.41 Å². The molecule has 1 aliphatic rings. The minimum atomic E-state index is -0.157. The van der Waals surface area contributed by atoms with Gasteiger partial charge in [-0.05, 0) is 10.9 Å². The standard InChI is InChI=1S/C23H19N3O2/c24-22-20-19(16-7-2-1-3-8-16)18-11-10-15-6-4-5-9-17(15)21(18)28-23(20)25-14-26(22)12-13-27/h1-11,14,19,24,27H,12-13H2/t19-/m1/s1. The fourth-order valence-electron chi connectivity index (χ4n) is 3.97. The molecule has 1 aromatic heterocycles. The minimum Gasteiger partial charge on any atom is -0.438 e. The Bertz CT molecular complexity index is 1230. The third-order valence-electron chi connectivity index (χ3n) is 5.27. The molecule has 0 unspecified atom stereocenters. The van der Waals surface area contributed by atoms with E-state index < -0.39 is 0 Å². The SMILES string of the molecule is N=c1c2c(ncn1CCO)Oc1c(ccc3ccccc13)[C@H]2c1ccccc1. The Morgan fingerprint density at radius 2 is 1.79 bits per heavy atom. The van der Waals surface area contributed by atoms with Crippen molar-refractivity contribution >= 4 is 10.8 Å². The number of aromatic nitrogens is 2. The van der Waals surface area contributed by atoms with Gasteiger partial charge in [-0.25, -0.2) is 4.98 Å². The van der Waals surface area contributed by atoms with Crippen molar-refractivity contribution < 1.29 is 9.84 Å². The first-order valence-corrected chi connectivity index (χ1v) is 9.27. The van der Waals surface area contributed by atoms with E-state index in [0.29, 0.717) is 17.9 Å². The molecule has 4 aromatic rings. The van der Waals surface area contributed by atoms with Crippen LogP contribution in [0.15, 0.2) is 73.1 Å². The Balaban J connectivity index is 1.83. The molecule has 138 valence electrons. The van der Waals surface area contributed by atoms with Gasteiger partial charge in [0.15, 0.2) is 0 Å². The number of hydrogen-bond acceptors (Lipinski definition) is 4. The number of nitrogens with zero attached hydrogens (tertiary/aromatic N) is 2. The van der Waals surface area contributed by atoms with Crippen LogP contribution in [0.4, 0.5) is 0 Å². The predicted molar refractivity (Wildman–Crippen MR) is 107 cm³/mol. The zero-order chi connectivity index (χ0) is 19.1. The highest BCUT2D eigenvalue weighted by Crippen LogP contribution is 2.47. The van der Waals surface area contributed by atoms with Crippen LogP contribution in [-0.2, 0) is 6.54 Å². The van der Waals surface area contributed by atoms with E-state index in [1.54, 1.807) is 10.9 Å². The lowest BCUT2D eigenvalue weighted by molar-refractivity contribution is 0.271. The maximum absolute atomic E-state index is 9.34. The first kappa shape index (κ1) is 16.7. The van der Waals surface area contributed by atoms with Crippen molar-refractivity contribution in [3.05, 3.63) is 95.2 Å². The normalized spacial score (nSPS) is 15.0. The molecule has 1 atom stereocenters. The monoisotopic (exact) mass is 369 g/mol. The Hall–Kier alpha value is -3.44. The van der Waals surface area contributed by atoms with E-state index in [0.717, 1.165) is 33.2 Å². The molecule has 2 heterocycles. The van der Waals surface area contributed by atoms with Crippen LogP contribution in [0.3, 0.4) is 0 Å². The number of hydrogen-bond donors (Lipinski definition) is 2. The van der Waals surface area contributed by atoms with E-state index in [1.807, 2.05) is 30.3 Å². The number of benzene rings is 3. The summed E-state index contributed by atoms with van der Waals surface area (Å²) in [5.41, 5.74) is 3.15. The molecule has 2 N–H and O–H groups in total. The summed E-state index contributed by atoms with van der Waals surface area (Å²) in [7, 11) is 0. The van der Waals surface area contributed by atoms with Gasteiger partial charge in [0.1, 0.15) is 17.6 Å². The molecule has 0 aliphatic carbocycles. The van der Waals surface area contributed by atoms with E-state index in [2.05, 4.69) is 41.4 Å². The van der Waals surface area contributed by atoms with Crippen LogP contribution in [-0.4, -0.2) is 21.3 Å². The number of ether oxygens (including phenoxy) is 1. The summed E-state index contributed by atoms with van der Waals surface area (Å²) in [6.07, 6.45) is 1.57. The summed E-state index contributed by atoms with van der Waals surface area (Å²) in [4.78, 5) is 4.49. The van der Waals surface area contributed by atoms with Gasteiger partial charge in [0.2, 0.25) is 5.88 Å². The summed E-state index contributed by atoms with van der Waals surface area (Å²) in [5, 5.41) is 20.2. The fourth-order valence-corrected chi connectivity index (χ4v) is 3.97. The van der Waals surface area contributed by atoms with E-state index in [1.165, 1.54) is 0 Å². The molecule has 0 fully saturated rings. The molecular weight excluding hydrogens is 350 g/mol. The van der Waals surface area contributed by atoms with Crippen LogP contribution in [0.25, 0.3) is 10.8 Å². The lowest BCUT2D eigenvalue weighted by atomic mass is 9.83. The van der Waals surface area contributed by atoms with Crippen molar-refractivity contribution in [2.75, 3.05) is 6.61 Å². The van der Waals surface area contributed by atoms with Crippen LogP contribution < -0.4 is 10.2 Å². The Morgan fingerprint density at radius 1 is 1.00 bits per heavy atom. The van der Waals surface area contributed by atoms with Gasteiger partial charge in [-0.15, -0.1) is 0 Å². The molecule has 0 spiro atoms. The zero-order valence-electron chi connectivity index (χ0n) is 15.2. The van der Waals surface area contributed by atoms with E-state index >= 15 is 0 Å². The summed E-state index contributed by atoms with van der Waals surface area (Å²) in [5.74, 6) is 1.10. The van der Waals surface area contributed by atoms with Crippen molar-refractivity contribution in [1.82, 2.24) is 9.55 Å². The largest absolute Gasteiger partial charge is 0.438 e. The minimum absolute atomic E-state index is 0.0465. The molecule has 0 saturated carbocycles. The fraction of sp³-hybridized carbons (Fsp3) is 0.130.